The van der Waals surface area contributed by atoms with E-state index in [0.29, 0.717) is 47.2 Å². The molecule has 2 atom stereocenters. The molecule has 52 heavy (non-hydrogen) atoms. The van der Waals surface area contributed by atoms with Gasteiger partial charge in [0.2, 0.25) is 12.1 Å². The van der Waals surface area contributed by atoms with Crippen LogP contribution >= 0.6 is 23.2 Å². The van der Waals surface area contributed by atoms with E-state index in [4.69, 9.17) is 32.7 Å². The summed E-state index contributed by atoms with van der Waals surface area (Å²) in [4.78, 5) is 50.7. The van der Waals surface area contributed by atoms with Crippen LogP contribution < -0.4 is 20.1 Å². The molecular weight excluding hydrogens is 707 g/mol. The molecule has 2 unspecified atom stereocenters. The van der Waals surface area contributed by atoms with Crippen LogP contribution in [0, 0.1) is 0 Å². The van der Waals surface area contributed by atoms with Gasteiger partial charge in [-0.25, -0.2) is 0 Å². The Morgan fingerprint density at radius 3 is 1.35 bits per heavy atom. The number of halogens is 2. The Morgan fingerprint density at radius 2 is 1.00 bits per heavy atom. The van der Waals surface area contributed by atoms with Gasteiger partial charge in [0.25, 0.3) is 11.8 Å². The Bertz CT molecular complexity index is 1840. The fourth-order valence-corrected chi connectivity index (χ4v) is 5.07. The first-order valence-corrected chi connectivity index (χ1v) is 17.2. The number of hydrogen-bond acceptors (Lipinski definition) is 10. The van der Waals surface area contributed by atoms with Crippen molar-refractivity contribution in [2.75, 3.05) is 23.8 Å². The molecule has 0 saturated carbocycles. The third kappa shape index (κ3) is 10.8. The normalized spacial score (nSPS) is 12.3. The maximum Gasteiger partial charge on any atom is 0.258 e. The molecule has 0 heterocycles. The summed E-state index contributed by atoms with van der Waals surface area (Å²) in [7, 11) is 0. The lowest BCUT2D eigenvalue weighted by Gasteiger charge is -2.14. The number of carbonyl (C=O) groups excluding carboxylic acids is 4. The summed E-state index contributed by atoms with van der Waals surface area (Å²) < 4.78 is 11.4. The highest BCUT2D eigenvalue weighted by molar-refractivity contribution is 6.34. The maximum atomic E-state index is 13.0. The van der Waals surface area contributed by atoms with Gasteiger partial charge >= 0.3 is 0 Å². The van der Waals surface area contributed by atoms with Gasteiger partial charge in [-0.05, 0) is 86.3 Å². The summed E-state index contributed by atoms with van der Waals surface area (Å²) in [5, 5.41) is 22.0. The molecule has 0 aliphatic heterocycles. The number of para-hydroxylation sites is 4. The van der Waals surface area contributed by atoms with Crippen LogP contribution in [0.15, 0.2) is 105 Å². The average molecular weight is 746 g/mol. The second-order valence-electron chi connectivity index (χ2n) is 11.5. The molecule has 4 rings (SSSR count). The molecule has 0 bridgehead atoms. The first-order valence-electron chi connectivity index (χ1n) is 16.5. The predicted molar refractivity (Wildman–Crippen MR) is 202 cm³/mol. The van der Waals surface area contributed by atoms with Crippen molar-refractivity contribution in [3.63, 3.8) is 0 Å². The molecular formula is C38H38Cl2N6O6. The standard InChI is InChI=1S/C38H38Cl2N6O6/c1-5-19-51-33-13-9-7-11-31(33)41-37(49)35(23(3)47)45-43-29-17-15-25(21-27(29)39)26-16-18-30(28(40)22-26)44-46-36(24(4)48)38(50)42-32-12-8-10-14-34(32)52-20-6-2/h7-18,21-22,35-36H,5-6,19-20H2,1-4H3,(H,41,49)(H,42,50). The van der Waals surface area contributed by atoms with Crippen LogP contribution in [0.2, 0.25) is 10.0 Å². The van der Waals surface area contributed by atoms with Crippen LogP contribution in [0.25, 0.3) is 11.1 Å². The van der Waals surface area contributed by atoms with Gasteiger partial charge in [-0.2, -0.15) is 20.5 Å². The number of azo groups is 2. The van der Waals surface area contributed by atoms with Gasteiger partial charge in [0.05, 0.1) is 34.6 Å². The van der Waals surface area contributed by atoms with Crippen molar-refractivity contribution < 1.29 is 28.7 Å². The zero-order valence-corrected chi connectivity index (χ0v) is 30.6. The number of anilines is 2. The van der Waals surface area contributed by atoms with Crippen LogP contribution in [-0.2, 0) is 19.2 Å². The predicted octanol–water partition coefficient (Wildman–Crippen LogP) is 9.60. The van der Waals surface area contributed by atoms with E-state index in [9.17, 15) is 19.2 Å². The van der Waals surface area contributed by atoms with E-state index in [1.165, 1.54) is 13.8 Å². The maximum absolute atomic E-state index is 13.0. The van der Waals surface area contributed by atoms with Crippen LogP contribution in [0.1, 0.15) is 40.5 Å². The summed E-state index contributed by atoms with van der Waals surface area (Å²) >= 11 is 13.1. The third-order valence-corrected chi connectivity index (χ3v) is 7.88. The van der Waals surface area contributed by atoms with Gasteiger partial charge in [-0.15, -0.1) is 0 Å². The molecule has 0 radical (unpaired) electrons. The van der Waals surface area contributed by atoms with E-state index in [-0.39, 0.29) is 21.4 Å². The zero-order chi connectivity index (χ0) is 37.6. The van der Waals surface area contributed by atoms with Gasteiger partial charge in [0.1, 0.15) is 22.9 Å². The minimum atomic E-state index is -1.42. The molecule has 4 aromatic carbocycles. The summed E-state index contributed by atoms with van der Waals surface area (Å²) in [6, 6.07) is 20.9. The number of nitrogens with one attached hydrogen (secondary N) is 2. The van der Waals surface area contributed by atoms with E-state index in [1.807, 2.05) is 13.8 Å². The molecule has 14 heteroatoms. The molecule has 4 aromatic rings. The molecule has 12 nitrogen and oxygen atoms in total. The molecule has 0 saturated heterocycles. The van der Waals surface area contributed by atoms with Crippen molar-refractivity contribution in [1.82, 2.24) is 0 Å². The molecule has 0 spiro atoms. The highest BCUT2D eigenvalue weighted by Crippen LogP contribution is 2.35. The summed E-state index contributed by atoms with van der Waals surface area (Å²) in [6.07, 6.45) is 1.57. The second-order valence-corrected chi connectivity index (χ2v) is 12.3. The number of ketones is 2. The van der Waals surface area contributed by atoms with E-state index in [1.54, 1.807) is 84.9 Å². The third-order valence-electron chi connectivity index (χ3n) is 7.27. The molecule has 0 fully saturated rings. The number of hydrogen-bond donors (Lipinski definition) is 2. The topological polar surface area (TPSA) is 160 Å². The first kappa shape index (κ1) is 39.3. The molecule has 0 aromatic heterocycles. The smallest absolute Gasteiger partial charge is 0.258 e. The number of carbonyl (C=O) groups is 4. The molecule has 2 amide bonds. The van der Waals surface area contributed by atoms with E-state index < -0.39 is 35.5 Å². The number of nitrogens with zero attached hydrogens (tertiary/aromatic N) is 4. The molecule has 270 valence electrons. The quantitative estimate of drug-likeness (QED) is 0.0809. The summed E-state index contributed by atoms with van der Waals surface area (Å²) in [5.41, 5.74) is 2.64. The number of rotatable bonds is 17. The van der Waals surface area contributed by atoms with E-state index in [2.05, 4.69) is 31.1 Å². The van der Waals surface area contributed by atoms with E-state index >= 15 is 0 Å². The summed E-state index contributed by atoms with van der Waals surface area (Å²) in [6.45, 7) is 7.36. The number of ether oxygens (including phenoxy) is 2. The Labute approximate surface area is 311 Å². The van der Waals surface area contributed by atoms with Crippen molar-refractivity contribution in [2.24, 2.45) is 20.5 Å². The van der Waals surface area contributed by atoms with Crippen molar-refractivity contribution in [3.8, 4) is 22.6 Å². The van der Waals surface area contributed by atoms with Crippen LogP contribution in [0.4, 0.5) is 22.7 Å². The Kier molecular flexibility index (Phi) is 14.5. The highest BCUT2D eigenvalue weighted by Gasteiger charge is 2.25. The minimum absolute atomic E-state index is 0.208. The fourth-order valence-electron chi connectivity index (χ4n) is 4.63. The number of benzene rings is 4. The van der Waals surface area contributed by atoms with E-state index in [0.717, 1.165) is 12.8 Å². The van der Waals surface area contributed by atoms with Crippen molar-refractivity contribution >= 4 is 69.3 Å². The average Bonchev–Trinajstić information content (AvgIpc) is 3.12. The Balaban J connectivity index is 1.46. The Hall–Kier alpha value is -5.46. The first-order chi connectivity index (χ1) is 25.0. The van der Waals surface area contributed by atoms with Gasteiger partial charge in [-0.3, -0.25) is 19.2 Å². The van der Waals surface area contributed by atoms with Gasteiger partial charge in [0, 0.05) is 0 Å². The van der Waals surface area contributed by atoms with Crippen LogP contribution in [-0.4, -0.2) is 48.7 Å². The zero-order valence-electron chi connectivity index (χ0n) is 29.1. The van der Waals surface area contributed by atoms with Gasteiger partial charge < -0.3 is 20.1 Å². The highest BCUT2D eigenvalue weighted by atomic mass is 35.5. The number of Topliss-reactive ketones (excluding diaryl/α,β-unsaturated/α-hetero) is 2. The molecule has 0 aliphatic carbocycles. The second kappa shape index (κ2) is 19.2. The molecule has 2 N–H and O–H groups in total. The fraction of sp³-hybridized carbons (Fsp3) is 0.263. The summed E-state index contributed by atoms with van der Waals surface area (Å²) in [5.74, 6) is -1.39. The van der Waals surface area contributed by atoms with Crippen LogP contribution in [0.5, 0.6) is 11.5 Å². The number of amides is 2. The lowest BCUT2D eigenvalue weighted by atomic mass is 10.0. The van der Waals surface area contributed by atoms with Crippen molar-refractivity contribution in [2.45, 2.75) is 52.6 Å². The monoisotopic (exact) mass is 744 g/mol. The SMILES string of the molecule is CCCOc1ccccc1NC(=O)C(N=Nc1ccc(-c2ccc(N=NC(C(C)=O)C(=O)Nc3ccccc3OCCC)c(Cl)c2)cc1Cl)C(C)=O. The van der Waals surface area contributed by atoms with Gasteiger partial charge in [-0.1, -0.05) is 73.4 Å². The molecule has 0 aliphatic rings. The van der Waals surface area contributed by atoms with Crippen LogP contribution in [0.3, 0.4) is 0 Å². The Morgan fingerprint density at radius 1 is 0.615 bits per heavy atom. The van der Waals surface area contributed by atoms with Crippen molar-refractivity contribution in [3.05, 3.63) is 95.0 Å². The van der Waals surface area contributed by atoms with Gasteiger partial charge in [0.15, 0.2) is 11.6 Å². The lowest BCUT2D eigenvalue weighted by molar-refractivity contribution is -0.127. The minimum Gasteiger partial charge on any atom is -0.491 e. The van der Waals surface area contributed by atoms with Crippen molar-refractivity contribution in [1.29, 1.82) is 0 Å². The lowest BCUT2D eigenvalue weighted by Crippen LogP contribution is -2.32. The largest absolute Gasteiger partial charge is 0.491 e.